The second-order valence-electron chi connectivity index (χ2n) is 11.3. The first-order valence-electron chi connectivity index (χ1n) is 9.25. The largest absolute Gasteiger partial charge is 0.293 e. The average Bonchev–Trinajstić information content (AvgIpc) is 2.75. The molecule has 1 aliphatic carbocycles. The Morgan fingerprint density at radius 2 is 1.27 bits per heavy atom. The highest BCUT2D eigenvalue weighted by Gasteiger charge is 2.61. The van der Waals surface area contributed by atoms with Gasteiger partial charge in [0.2, 0.25) is 5.66 Å². The number of rotatable bonds is 4. The van der Waals surface area contributed by atoms with Crippen LogP contribution in [0.5, 0.6) is 0 Å². The molecule has 0 bridgehead atoms. The molecule has 0 saturated carbocycles. The Hall–Kier alpha value is -1.28. The molecule has 1 heterocycles. The Bertz CT molecular complexity index is 705. The van der Waals surface area contributed by atoms with Crippen LogP contribution in [0.1, 0.15) is 22.5 Å². The molecule has 7 heteroatoms. The highest BCUT2D eigenvalue weighted by atomic mass is 16.1. The van der Waals surface area contributed by atoms with E-state index in [1.54, 1.807) is 0 Å². The molecule has 26 heavy (non-hydrogen) atoms. The Balaban J connectivity index is 2.85. The van der Waals surface area contributed by atoms with Crippen molar-refractivity contribution in [3.8, 4) is 0 Å². The van der Waals surface area contributed by atoms with Gasteiger partial charge < -0.3 is 0 Å². The quantitative estimate of drug-likeness (QED) is 0.578. The summed E-state index contributed by atoms with van der Waals surface area (Å²) in [5.41, 5.74) is 1.67. The van der Waals surface area contributed by atoms with Gasteiger partial charge in [0.15, 0.2) is 5.78 Å². The number of quaternary nitrogens is 4. The molecule has 0 saturated heterocycles. The first-order valence-corrected chi connectivity index (χ1v) is 9.25. The zero-order chi connectivity index (χ0) is 20.5. The summed E-state index contributed by atoms with van der Waals surface area (Å²) >= 11 is 0. The summed E-state index contributed by atoms with van der Waals surface area (Å²) in [5.74, 6) is 1.09. The van der Waals surface area contributed by atoms with Gasteiger partial charge in [-0.1, -0.05) is 5.10 Å². The van der Waals surface area contributed by atoms with Gasteiger partial charge in [0.25, 0.3) is 5.82 Å². The zero-order valence-corrected chi connectivity index (χ0v) is 19.0. The second-order valence-corrected chi connectivity index (χ2v) is 11.3. The van der Waals surface area contributed by atoms with Crippen LogP contribution in [-0.4, -0.2) is 115 Å². The molecular weight excluding hydrogens is 328 g/mol. The maximum atomic E-state index is 13.5. The lowest BCUT2D eigenvalue weighted by atomic mass is 9.81. The van der Waals surface area contributed by atoms with Gasteiger partial charge in [0, 0.05) is 0 Å². The van der Waals surface area contributed by atoms with Crippen LogP contribution in [0.4, 0.5) is 5.82 Å². The number of hydrogen-bond acceptors (Lipinski definition) is 2. The van der Waals surface area contributed by atoms with Gasteiger partial charge in [-0.15, -0.1) is 4.79 Å². The van der Waals surface area contributed by atoms with E-state index < -0.39 is 0 Å². The minimum atomic E-state index is -0.237. The minimum absolute atomic E-state index is 0.218. The second kappa shape index (κ2) is 5.61. The Kier molecular flexibility index (Phi) is 4.54. The summed E-state index contributed by atoms with van der Waals surface area (Å²) in [5, 5.41) is 4.94. The van der Waals surface area contributed by atoms with Gasteiger partial charge in [-0.05, 0) is 0 Å². The van der Waals surface area contributed by atoms with Crippen molar-refractivity contribution in [2.24, 2.45) is 0 Å². The summed E-state index contributed by atoms with van der Waals surface area (Å²) in [6, 6.07) is 0. The maximum absolute atomic E-state index is 13.5. The van der Waals surface area contributed by atoms with E-state index in [0.717, 1.165) is 32.5 Å². The van der Waals surface area contributed by atoms with Gasteiger partial charge >= 0.3 is 0 Å². The average molecular weight is 369 g/mol. The van der Waals surface area contributed by atoms with Gasteiger partial charge in [0.05, 0.1) is 84.6 Å². The summed E-state index contributed by atoms with van der Waals surface area (Å²) in [6.45, 7) is 0. The number of Topliss-reactive ketones (excluding diaryl/α,β-unsaturated/α-hetero) is 1. The van der Waals surface area contributed by atoms with Crippen LogP contribution in [0.25, 0.3) is 0 Å². The van der Waals surface area contributed by atoms with E-state index in [4.69, 9.17) is 5.10 Å². The van der Waals surface area contributed by atoms with Gasteiger partial charge in [-0.25, -0.2) is 4.59 Å². The molecule has 0 radical (unpaired) electrons. The minimum Gasteiger partial charge on any atom is -0.293 e. The van der Waals surface area contributed by atoms with Crippen LogP contribution < -0.4 is 9.08 Å². The van der Waals surface area contributed by atoms with E-state index in [1.165, 1.54) is 0 Å². The van der Waals surface area contributed by atoms with Crippen molar-refractivity contribution in [2.75, 3.05) is 84.6 Å². The van der Waals surface area contributed by atoms with Crippen molar-refractivity contribution in [1.82, 2.24) is 19.0 Å². The molecule has 0 amide bonds. The van der Waals surface area contributed by atoms with Crippen molar-refractivity contribution in [2.45, 2.75) is 18.5 Å². The number of nitrogens with zero attached hydrogens (tertiary/aromatic N) is 6. The molecule has 1 aromatic heterocycles. The van der Waals surface area contributed by atoms with Gasteiger partial charge in [-0.3, -0.25) is 18.2 Å². The number of likely N-dealkylation sites (N-methyl/N-ethyl adjacent to an activating group) is 2. The van der Waals surface area contributed by atoms with E-state index >= 15 is 0 Å². The van der Waals surface area contributed by atoms with Crippen LogP contribution in [0.2, 0.25) is 0 Å². The third-order valence-corrected chi connectivity index (χ3v) is 5.82. The molecule has 0 N–H and O–H groups in total. The molecular formula is C19H40N6O+4. The molecule has 0 fully saturated rings. The van der Waals surface area contributed by atoms with E-state index in [-0.39, 0.29) is 11.4 Å². The fourth-order valence-electron chi connectivity index (χ4n) is 4.36. The monoisotopic (exact) mass is 368 g/mol. The maximum Gasteiger partial charge on any atom is 0.262 e. The molecule has 0 atom stereocenters. The third-order valence-electron chi connectivity index (χ3n) is 5.82. The molecule has 0 aromatic carbocycles. The lowest BCUT2D eigenvalue weighted by Crippen LogP contribution is -2.74. The summed E-state index contributed by atoms with van der Waals surface area (Å²) in [4.78, 5) is 15.6. The van der Waals surface area contributed by atoms with E-state index in [9.17, 15) is 4.79 Å². The van der Waals surface area contributed by atoms with Crippen LogP contribution in [-0.2, 0) is 6.42 Å². The fourth-order valence-corrected chi connectivity index (χ4v) is 4.36. The third kappa shape index (κ3) is 3.11. The number of ketones is 1. The lowest BCUT2D eigenvalue weighted by molar-refractivity contribution is -1.12. The van der Waals surface area contributed by atoms with Crippen LogP contribution in [0.15, 0.2) is 0 Å². The van der Waals surface area contributed by atoms with Crippen LogP contribution in [0.3, 0.4) is 0 Å². The van der Waals surface area contributed by atoms with Gasteiger partial charge in [0.1, 0.15) is 24.1 Å². The highest BCUT2D eigenvalue weighted by Crippen LogP contribution is 2.43. The summed E-state index contributed by atoms with van der Waals surface area (Å²) in [6.07, 6.45) is 1.35. The van der Waals surface area contributed by atoms with Crippen molar-refractivity contribution >= 4 is 11.6 Å². The smallest absolute Gasteiger partial charge is 0.262 e. The first-order chi connectivity index (χ1) is 11.3. The predicted molar refractivity (Wildman–Crippen MR) is 109 cm³/mol. The number of carbonyl (C=O) groups excluding carboxylic acids is 1. The molecule has 0 aliphatic heterocycles. The lowest BCUT2D eigenvalue weighted by Gasteiger charge is -2.54. The van der Waals surface area contributed by atoms with Crippen LogP contribution in [0, 0.1) is 0 Å². The van der Waals surface area contributed by atoms with E-state index in [0.29, 0.717) is 15.5 Å². The van der Waals surface area contributed by atoms with Crippen molar-refractivity contribution in [1.29, 1.82) is 0 Å². The Labute approximate surface area is 159 Å². The van der Waals surface area contributed by atoms with E-state index in [1.807, 2.05) is 4.79 Å². The van der Waals surface area contributed by atoms with Crippen molar-refractivity contribution in [3.05, 3.63) is 11.3 Å². The zero-order valence-electron chi connectivity index (χ0n) is 19.0. The molecule has 1 aliphatic rings. The fraction of sp³-hybridized carbons (Fsp3) is 0.789. The first kappa shape index (κ1) is 21.0. The predicted octanol–water partition coefficient (Wildman–Crippen LogP) is 0.646. The molecule has 1 aromatic rings. The van der Waals surface area contributed by atoms with Crippen molar-refractivity contribution in [3.63, 3.8) is 0 Å². The number of fused-ring (bicyclic) bond motifs is 1. The molecule has 2 rings (SSSR count). The normalized spacial score (nSPS) is 18.8. The number of carbonyl (C=O) groups is 1. The highest BCUT2D eigenvalue weighted by molar-refractivity contribution is 6.03. The topological polar surface area (TPSA) is 34.9 Å². The molecule has 0 unspecified atom stereocenters. The summed E-state index contributed by atoms with van der Waals surface area (Å²) in [7, 11) is 25.8. The summed E-state index contributed by atoms with van der Waals surface area (Å²) < 4.78 is 2.54. The van der Waals surface area contributed by atoms with Gasteiger partial charge in [-0.2, -0.15) is 0 Å². The molecule has 0 spiro atoms. The van der Waals surface area contributed by atoms with Crippen molar-refractivity contribution < 1.29 is 13.8 Å². The SMILES string of the molecule is C[N+](C)(C)c1nn([N+](C)(C)C)c2c1C(=O)CC([N+](C)(C)C)([N+](C)(C)C)C2. The molecule has 148 valence electrons. The Morgan fingerprint density at radius 1 is 0.808 bits per heavy atom. The Morgan fingerprint density at radius 3 is 1.62 bits per heavy atom. The number of hydrogen-bond donors (Lipinski definition) is 0. The standard InChI is InChI=1S/C19H40N6O/c1-22(2,3)18-17-15(21(20-18)25(10,11)12)13-19(14-16(17)26,23(4,5)6)24(7,8)9/h13-14H2,1-12H3/q+4. The molecule has 7 nitrogen and oxygen atoms in total. The van der Waals surface area contributed by atoms with E-state index in [2.05, 4.69) is 84.6 Å². The van der Waals surface area contributed by atoms with Crippen LogP contribution >= 0.6 is 0 Å². The number of aromatic nitrogens is 2.